The number of rotatable bonds is 2. The van der Waals surface area contributed by atoms with E-state index in [9.17, 15) is 0 Å². The molecule has 0 atom stereocenters. The highest BCUT2D eigenvalue weighted by Gasteiger charge is 2.05. The van der Waals surface area contributed by atoms with Gasteiger partial charge in [0.2, 0.25) is 0 Å². The average molecular weight is 211 g/mol. The quantitative estimate of drug-likeness (QED) is 0.639. The van der Waals surface area contributed by atoms with Gasteiger partial charge in [0.15, 0.2) is 0 Å². The molecule has 78 valence electrons. The van der Waals surface area contributed by atoms with Gasteiger partial charge in [-0.3, -0.25) is 0 Å². The van der Waals surface area contributed by atoms with E-state index < -0.39 is 0 Å². The first-order chi connectivity index (χ1) is 7.92. The van der Waals surface area contributed by atoms with E-state index in [4.69, 9.17) is 0 Å². The molecule has 16 heavy (non-hydrogen) atoms. The molecule has 2 aliphatic rings. The second-order valence-electron chi connectivity index (χ2n) is 3.48. The Morgan fingerprint density at radius 3 is 2.94 bits per heavy atom. The van der Waals surface area contributed by atoms with Gasteiger partial charge in [0, 0.05) is 18.6 Å². The molecule has 3 heterocycles. The van der Waals surface area contributed by atoms with Crippen molar-refractivity contribution in [2.75, 3.05) is 0 Å². The molecule has 0 fully saturated rings. The molecule has 5 heteroatoms. The SMILES string of the molecule is c1cnnc(Cn2ccc3ncnc-3c2)c1. The Morgan fingerprint density at radius 2 is 2.06 bits per heavy atom. The van der Waals surface area contributed by atoms with E-state index in [0.717, 1.165) is 17.1 Å². The molecule has 3 rings (SSSR count). The molecule has 0 amide bonds. The van der Waals surface area contributed by atoms with E-state index in [1.165, 1.54) is 0 Å². The monoisotopic (exact) mass is 211 g/mol. The maximum Gasteiger partial charge on any atom is 0.116 e. The maximum atomic E-state index is 4.15. The van der Waals surface area contributed by atoms with Gasteiger partial charge in [0.1, 0.15) is 12.0 Å². The summed E-state index contributed by atoms with van der Waals surface area (Å²) < 4.78 is 2.01. The van der Waals surface area contributed by atoms with Gasteiger partial charge in [0.25, 0.3) is 0 Å². The Balaban J connectivity index is 1.93. The average Bonchev–Trinajstić information content (AvgIpc) is 2.77. The van der Waals surface area contributed by atoms with E-state index in [2.05, 4.69) is 20.2 Å². The van der Waals surface area contributed by atoms with Crippen LogP contribution >= 0.6 is 0 Å². The highest BCUT2D eigenvalue weighted by atomic mass is 15.1. The molecule has 0 bridgehead atoms. The minimum Gasteiger partial charge on any atom is -0.346 e. The van der Waals surface area contributed by atoms with Gasteiger partial charge < -0.3 is 4.57 Å². The highest BCUT2D eigenvalue weighted by molar-refractivity contribution is 5.53. The topological polar surface area (TPSA) is 56.5 Å². The molecule has 0 aromatic carbocycles. The molecular formula is C11H9N5. The zero-order valence-electron chi connectivity index (χ0n) is 8.48. The molecule has 2 aliphatic heterocycles. The number of hydrogen-bond donors (Lipinski definition) is 0. The van der Waals surface area contributed by atoms with Gasteiger partial charge in [-0.2, -0.15) is 10.2 Å². The third kappa shape index (κ3) is 1.63. The number of fused-ring (bicyclic) bond motifs is 1. The molecule has 0 aliphatic carbocycles. The predicted molar refractivity (Wildman–Crippen MR) is 57.8 cm³/mol. The summed E-state index contributed by atoms with van der Waals surface area (Å²) in [6, 6.07) is 5.77. The minimum atomic E-state index is 0.691. The summed E-state index contributed by atoms with van der Waals surface area (Å²) in [7, 11) is 0. The van der Waals surface area contributed by atoms with Gasteiger partial charge in [0.05, 0.1) is 17.9 Å². The van der Waals surface area contributed by atoms with E-state index >= 15 is 0 Å². The van der Waals surface area contributed by atoms with Crippen LogP contribution in [0.2, 0.25) is 0 Å². The van der Waals surface area contributed by atoms with E-state index in [0.29, 0.717) is 6.54 Å². The van der Waals surface area contributed by atoms with Gasteiger partial charge in [-0.05, 0) is 18.2 Å². The Morgan fingerprint density at radius 1 is 1.12 bits per heavy atom. The second-order valence-corrected chi connectivity index (χ2v) is 3.48. The fraction of sp³-hybridized carbons (Fsp3) is 0.0909. The summed E-state index contributed by atoms with van der Waals surface area (Å²) >= 11 is 0. The van der Waals surface area contributed by atoms with Crippen LogP contribution in [0.5, 0.6) is 0 Å². The molecule has 0 spiro atoms. The summed E-state index contributed by atoms with van der Waals surface area (Å²) in [4.78, 5) is 8.27. The number of hydrogen-bond acceptors (Lipinski definition) is 4. The molecule has 1 aromatic rings. The van der Waals surface area contributed by atoms with Crippen molar-refractivity contribution in [1.82, 2.24) is 24.7 Å². The van der Waals surface area contributed by atoms with Crippen molar-refractivity contribution in [3.8, 4) is 11.4 Å². The van der Waals surface area contributed by atoms with Crippen molar-refractivity contribution in [3.63, 3.8) is 0 Å². The van der Waals surface area contributed by atoms with Crippen molar-refractivity contribution < 1.29 is 0 Å². The normalized spacial score (nSPS) is 10.8. The lowest BCUT2D eigenvalue weighted by Crippen LogP contribution is -2.03. The standard InChI is InChI=1S/C11H9N5/c1-2-9(15-14-4-1)6-16-5-3-10-11(7-16)13-8-12-10/h1-5,7-8H,6H2. The summed E-state index contributed by atoms with van der Waals surface area (Å²) in [6.45, 7) is 0.691. The van der Waals surface area contributed by atoms with Gasteiger partial charge in [-0.1, -0.05) is 0 Å². The molecule has 0 saturated heterocycles. The van der Waals surface area contributed by atoms with Crippen molar-refractivity contribution >= 4 is 0 Å². The molecule has 0 N–H and O–H groups in total. The van der Waals surface area contributed by atoms with E-state index in [1.54, 1.807) is 12.5 Å². The first-order valence-electron chi connectivity index (χ1n) is 4.95. The molecule has 1 aromatic heterocycles. The van der Waals surface area contributed by atoms with Crippen LogP contribution in [0, 0.1) is 0 Å². The number of aromatic nitrogens is 5. The van der Waals surface area contributed by atoms with Crippen LogP contribution in [0.15, 0.2) is 43.1 Å². The van der Waals surface area contributed by atoms with E-state index in [-0.39, 0.29) is 0 Å². The van der Waals surface area contributed by atoms with Crippen LogP contribution in [-0.4, -0.2) is 24.7 Å². The fourth-order valence-electron chi connectivity index (χ4n) is 1.58. The smallest absolute Gasteiger partial charge is 0.116 e. The van der Waals surface area contributed by atoms with Crippen LogP contribution in [0.3, 0.4) is 0 Å². The summed E-state index contributed by atoms with van der Waals surface area (Å²) in [5.74, 6) is 0. The fourth-order valence-corrected chi connectivity index (χ4v) is 1.58. The van der Waals surface area contributed by atoms with Crippen LogP contribution in [0.25, 0.3) is 11.4 Å². The van der Waals surface area contributed by atoms with Crippen molar-refractivity contribution in [1.29, 1.82) is 0 Å². The third-order valence-electron chi connectivity index (χ3n) is 2.34. The molecular weight excluding hydrogens is 202 g/mol. The maximum absolute atomic E-state index is 4.15. The lowest BCUT2D eigenvalue weighted by molar-refractivity contribution is 0.747. The van der Waals surface area contributed by atoms with Gasteiger partial charge >= 0.3 is 0 Å². The van der Waals surface area contributed by atoms with Crippen LogP contribution in [0.4, 0.5) is 0 Å². The molecule has 5 nitrogen and oxygen atoms in total. The van der Waals surface area contributed by atoms with E-state index in [1.807, 2.05) is 35.2 Å². The Hall–Kier alpha value is -2.30. The molecule has 0 saturated carbocycles. The Labute approximate surface area is 92.2 Å². The number of imidazole rings is 1. The lowest BCUT2D eigenvalue weighted by Gasteiger charge is -2.06. The first-order valence-corrected chi connectivity index (χ1v) is 4.95. The number of pyridine rings is 1. The van der Waals surface area contributed by atoms with Crippen LogP contribution < -0.4 is 0 Å². The first kappa shape index (κ1) is 8.96. The predicted octanol–water partition coefficient (Wildman–Crippen LogP) is 1.22. The summed E-state index contributed by atoms with van der Waals surface area (Å²) in [5.41, 5.74) is 2.73. The Kier molecular flexibility index (Phi) is 2.07. The molecule has 0 unspecified atom stereocenters. The zero-order chi connectivity index (χ0) is 10.8. The lowest BCUT2D eigenvalue weighted by atomic mass is 10.3. The summed E-state index contributed by atoms with van der Waals surface area (Å²) in [5, 5.41) is 7.88. The van der Waals surface area contributed by atoms with Crippen molar-refractivity contribution in [2.24, 2.45) is 0 Å². The van der Waals surface area contributed by atoms with Crippen molar-refractivity contribution in [2.45, 2.75) is 6.54 Å². The number of nitrogens with zero attached hydrogens (tertiary/aromatic N) is 5. The molecule has 0 radical (unpaired) electrons. The van der Waals surface area contributed by atoms with Crippen molar-refractivity contribution in [3.05, 3.63) is 48.8 Å². The van der Waals surface area contributed by atoms with Gasteiger partial charge in [-0.15, -0.1) is 0 Å². The Bertz CT molecular complexity index is 560. The highest BCUT2D eigenvalue weighted by Crippen LogP contribution is 2.15. The van der Waals surface area contributed by atoms with Crippen LogP contribution in [-0.2, 0) is 6.54 Å². The zero-order valence-corrected chi connectivity index (χ0v) is 8.48. The third-order valence-corrected chi connectivity index (χ3v) is 2.34. The van der Waals surface area contributed by atoms with Gasteiger partial charge in [-0.25, -0.2) is 9.97 Å². The minimum absolute atomic E-state index is 0.691. The largest absolute Gasteiger partial charge is 0.346 e. The second kappa shape index (κ2) is 3.69. The summed E-state index contributed by atoms with van der Waals surface area (Å²) in [6.07, 6.45) is 7.15. The van der Waals surface area contributed by atoms with Crippen LogP contribution in [0.1, 0.15) is 5.69 Å².